The topological polar surface area (TPSA) is 79.0 Å². The lowest BCUT2D eigenvalue weighted by Gasteiger charge is -2.30. The van der Waals surface area contributed by atoms with Gasteiger partial charge in [-0.1, -0.05) is 19.1 Å². The molecule has 5 rings (SSSR count). The van der Waals surface area contributed by atoms with Crippen LogP contribution in [0.4, 0.5) is 5.69 Å². The van der Waals surface area contributed by atoms with Crippen LogP contribution in [0.15, 0.2) is 42.5 Å². The van der Waals surface area contributed by atoms with Crippen LogP contribution in [0.3, 0.4) is 0 Å². The molecule has 0 aliphatic carbocycles. The quantitative estimate of drug-likeness (QED) is 0.659. The number of imide groups is 1. The van der Waals surface area contributed by atoms with E-state index in [9.17, 15) is 14.4 Å². The maximum absolute atomic E-state index is 12.9. The highest BCUT2D eigenvalue weighted by Crippen LogP contribution is 2.26. The van der Waals surface area contributed by atoms with Gasteiger partial charge in [-0.25, -0.2) is 0 Å². The molecule has 7 nitrogen and oxygen atoms in total. The molecule has 2 aromatic carbocycles. The number of piperidine rings is 1. The minimum Gasteiger partial charge on any atom is -0.376 e. The predicted molar refractivity (Wildman–Crippen MR) is 129 cm³/mol. The first-order valence-electron chi connectivity index (χ1n) is 12.2. The lowest BCUT2D eigenvalue weighted by molar-refractivity contribution is 0.0475. The number of carbonyl (C=O) groups excluding carboxylic acids is 3. The molecule has 2 unspecified atom stereocenters. The van der Waals surface area contributed by atoms with Crippen molar-refractivity contribution in [2.45, 2.75) is 45.3 Å². The number of nitrogens with zero attached hydrogens (tertiary/aromatic N) is 2. The minimum absolute atomic E-state index is 0.105. The van der Waals surface area contributed by atoms with Crippen molar-refractivity contribution in [3.05, 3.63) is 64.7 Å². The van der Waals surface area contributed by atoms with Gasteiger partial charge in [0.2, 0.25) is 0 Å². The van der Waals surface area contributed by atoms with Crippen molar-refractivity contribution in [1.29, 1.82) is 0 Å². The molecule has 178 valence electrons. The van der Waals surface area contributed by atoms with E-state index in [2.05, 4.69) is 17.1 Å². The average molecular weight is 462 g/mol. The van der Waals surface area contributed by atoms with Gasteiger partial charge in [0.1, 0.15) is 0 Å². The maximum Gasteiger partial charge on any atom is 0.261 e. The molecule has 0 saturated carbocycles. The van der Waals surface area contributed by atoms with Gasteiger partial charge >= 0.3 is 0 Å². The zero-order valence-corrected chi connectivity index (χ0v) is 19.6. The highest BCUT2D eigenvalue weighted by Gasteiger charge is 2.38. The Hall–Kier alpha value is -3.03. The highest BCUT2D eigenvalue weighted by molar-refractivity contribution is 6.22. The first kappa shape index (κ1) is 22.7. The molecule has 0 aromatic heterocycles. The fourth-order valence-electron chi connectivity index (χ4n) is 5.17. The van der Waals surface area contributed by atoms with Crippen molar-refractivity contribution in [1.82, 2.24) is 9.80 Å². The van der Waals surface area contributed by atoms with Crippen LogP contribution in [0.25, 0.3) is 0 Å². The van der Waals surface area contributed by atoms with Crippen LogP contribution in [0.1, 0.15) is 69.2 Å². The molecule has 2 fully saturated rings. The van der Waals surface area contributed by atoms with Gasteiger partial charge in [0, 0.05) is 30.9 Å². The second-order valence-electron chi connectivity index (χ2n) is 9.75. The number of carbonyl (C=O) groups is 3. The third-order valence-corrected chi connectivity index (χ3v) is 7.00. The number of amides is 3. The van der Waals surface area contributed by atoms with Gasteiger partial charge in [0.25, 0.3) is 17.7 Å². The van der Waals surface area contributed by atoms with Crippen molar-refractivity contribution >= 4 is 23.4 Å². The summed E-state index contributed by atoms with van der Waals surface area (Å²) in [6, 6.07) is 12.6. The first-order chi connectivity index (χ1) is 16.5. The van der Waals surface area contributed by atoms with Crippen LogP contribution in [-0.4, -0.2) is 59.9 Å². The van der Waals surface area contributed by atoms with Gasteiger partial charge < -0.3 is 10.1 Å². The van der Waals surface area contributed by atoms with E-state index in [4.69, 9.17) is 4.74 Å². The number of anilines is 1. The minimum atomic E-state index is -0.360. The van der Waals surface area contributed by atoms with Gasteiger partial charge in [-0.3, -0.25) is 24.2 Å². The lowest BCUT2D eigenvalue weighted by atomic mass is 10.00. The molecule has 3 aliphatic heterocycles. The standard InChI is InChI=1S/C27H31N3O4/c1-18-4-2-12-29(15-18)16-19-6-9-21(10-7-19)28-25(31)20-8-11-23-24(14-20)27(33)30(26(23)32)17-22-5-3-13-34-22/h6-11,14,18,22H,2-5,12-13,15-17H2,1H3,(H,28,31). The Balaban J connectivity index is 1.22. The number of nitrogens with one attached hydrogen (secondary N) is 1. The zero-order valence-electron chi connectivity index (χ0n) is 19.6. The Morgan fingerprint density at radius 2 is 1.82 bits per heavy atom. The summed E-state index contributed by atoms with van der Waals surface area (Å²) in [6.45, 7) is 6.40. The van der Waals surface area contributed by atoms with Crippen molar-refractivity contribution in [3.63, 3.8) is 0 Å². The molecule has 3 amide bonds. The number of ether oxygens (including phenoxy) is 1. The zero-order chi connectivity index (χ0) is 23.7. The second-order valence-corrected chi connectivity index (χ2v) is 9.75. The molecule has 2 atom stereocenters. The fraction of sp³-hybridized carbons (Fsp3) is 0.444. The number of likely N-dealkylation sites (tertiary alicyclic amines) is 1. The summed E-state index contributed by atoms with van der Waals surface area (Å²) in [7, 11) is 0. The van der Waals surface area contributed by atoms with Crippen LogP contribution < -0.4 is 5.32 Å². The molecule has 0 radical (unpaired) electrons. The molecular formula is C27H31N3O4. The summed E-state index contributed by atoms with van der Waals surface area (Å²) in [5, 5.41) is 2.90. The molecule has 34 heavy (non-hydrogen) atoms. The molecule has 2 saturated heterocycles. The summed E-state index contributed by atoms with van der Waals surface area (Å²) in [4.78, 5) is 42.1. The summed E-state index contributed by atoms with van der Waals surface area (Å²) in [5.41, 5.74) is 2.90. The molecule has 0 spiro atoms. The predicted octanol–water partition coefficient (Wildman–Crippen LogP) is 3.95. The van der Waals surface area contributed by atoms with Crippen LogP contribution in [0, 0.1) is 5.92 Å². The Kier molecular flexibility index (Phi) is 6.48. The molecule has 1 N–H and O–H groups in total. The first-order valence-corrected chi connectivity index (χ1v) is 12.2. The number of benzene rings is 2. The lowest BCUT2D eigenvalue weighted by Crippen LogP contribution is -2.36. The van der Waals surface area contributed by atoms with E-state index in [1.807, 2.05) is 24.3 Å². The Morgan fingerprint density at radius 3 is 2.56 bits per heavy atom. The number of rotatable bonds is 6. The maximum atomic E-state index is 12.9. The SMILES string of the molecule is CC1CCCN(Cc2ccc(NC(=O)c3ccc4c(c3)C(=O)N(CC3CCCO3)C4=O)cc2)C1. The Morgan fingerprint density at radius 1 is 1.03 bits per heavy atom. The summed E-state index contributed by atoms with van der Waals surface area (Å²) >= 11 is 0. The fourth-order valence-corrected chi connectivity index (χ4v) is 5.17. The third kappa shape index (κ3) is 4.76. The Bertz CT molecular complexity index is 1090. The van der Waals surface area contributed by atoms with Crippen LogP contribution in [0.5, 0.6) is 0 Å². The van der Waals surface area contributed by atoms with Crippen molar-refractivity contribution < 1.29 is 19.1 Å². The van der Waals surface area contributed by atoms with Crippen LogP contribution >= 0.6 is 0 Å². The molecule has 3 aliphatic rings. The van der Waals surface area contributed by atoms with E-state index >= 15 is 0 Å². The van der Waals surface area contributed by atoms with Crippen LogP contribution in [-0.2, 0) is 11.3 Å². The normalized spacial score (nSPS) is 22.8. The monoisotopic (exact) mass is 461 g/mol. The van der Waals surface area contributed by atoms with Crippen molar-refractivity contribution in [2.24, 2.45) is 5.92 Å². The summed E-state index contributed by atoms with van der Waals surface area (Å²) in [5.74, 6) is -0.245. The number of fused-ring (bicyclic) bond motifs is 1. The molecular weight excluding hydrogens is 430 g/mol. The van der Waals surface area contributed by atoms with Crippen molar-refractivity contribution in [2.75, 3.05) is 31.6 Å². The van der Waals surface area contributed by atoms with E-state index in [1.54, 1.807) is 12.1 Å². The van der Waals surface area contributed by atoms with Gasteiger partial charge in [-0.05, 0) is 74.0 Å². The largest absolute Gasteiger partial charge is 0.376 e. The summed E-state index contributed by atoms with van der Waals surface area (Å²) in [6.07, 6.45) is 4.23. The van der Waals surface area contributed by atoms with Crippen molar-refractivity contribution in [3.8, 4) is 0 Å². The molecule has 3 heterocycles. The van der Waals surface area contributed by atoms with E-state index in [0.717, 1.165) is 38.4 Å². The van der Waals surface area contributed by atoms with Gasteiger partial charge in [-0.15, -0.1) is 0 Å². The molecule has 2 aromatic rings. The van der Waals surface area contributed by atoms with E-state index < -0.39 is 0 Å². The number of hydrogen-bond donors (Lipinski definition) is 1. The van der Waals surface area contributed by atoms with Crippen LogP contribution in [0.2, 0.25) is 0 Å². The van der Waals surface area contributed by atoms with E-state index in [-0.39, 0.29) is 35.9 Å². The smallest absolute Gasteiger partial charge is 0.261 e. The van der Waals surface area contributed by atoms with Gasteiger partial charge in [0.05, 0.1) is 23.8 Å². The molecule has 7 heteroatoms. The van der Waals surface area contributed by atoms with Gasteiger partial charge in [0.15, 0.2) is 0 Å². The van der Waals surface area contributed by atoms with E-state index in [1.165, 1.54) is 29.4 Å². The highest BCUT2D eigenvalue weighted by atomic mass is 16.5. The van der Waals surface area contributed by atoms with E-state index in [0.29, 0.717) is 23.4 Å². The average Bonchev–Trinajstić information content (AvgIpc) is 3.43. The number of hydrogen-bond acceptors (Lipinski definition) is 5. The second kappa shape index (κ2) is 9.68. The third-order valence-electron chi connectivity index (χ3n) is 7.00. The summed E-state index contributed by atoms with van der Waals surface area (Å²) < 4.78 is 5.58. The Labute approximate surface area is 200 Å². The van der Waals surface area contributed by atoms with Gasteiger partial charge in [-0.2, -0.15) is 0 Å². The molecule has 0 bridgehead atoms.